The maximum absolute atomic E-state index is 13.1. The SMILES string of the molecule is CCCCCCCCCCCCCCCCCC(=O)OC[C@H](COP(=O)(O)OC[C@@H](O)COP(=O)(O)OC[C@@H](COC(=O)CCCCCCCCCCCCCC)OC(=O)CCCCCCCCCCCCCC(C)C)OC(=O)CCCCCCCCCCCCCCCCC(C)C. The Labute approximate surface area is 600 Å². The van der Waals surface area contributed by atoms with Crippen LogP contribution in [0.2, 0.25) is 0 Å². The summed E-state index contributed by atoms with van der Waals surface area (Å²) in [6, 6.07) is 0. The Hall–Kier alpha value is -1.94. The van der Waals surface area contributed by atoms with Gasteiger partial charge in [-0.25, -0.2) is 9.13 Å². The van der Waals surface area contributed by atoms with Crippen molar-refractivity contribution < 1.29 is 80.2 Å². The summed E-state index contributed by atoms with van der Waals surface area (Å²) in [6.45, 7) is 9.65. The summed E-state index contributed by atoms with van der Waals surface area (Å²) in [5, 5.41) is 10.6. The Bertz CT molecular complexity index is 1890. The molecule has 0 aromatic rings. The van der Waals surface area contributed by atoms with E-state index < -0.39 is 97.5 Å². The van der Waals surface area contributed by atoms with Crippen LogP contribution in [0.25, 0.3) is 0 Å². The molecule has 98 heavy (non-hydrogen) atoms. The van der Waals surface area contributed by atoms with Crippen LogP contribution in [0.4, 0.5) is 0 Å². The fourth-order valence-corrected chi connectivity index (χ4v) is 13.8. The molecule has 0 aromatic heterocycles. The molecule has 19 heteroatoms. The molecule has 582 valence electrons. The van der Waals surface area contributed by atoms with Gasteiger partial charge in [-0.05, 0) is 37.5 Å². The minimum absolute atomic E-state index is 0.107. The van der Waals surface area contributed by atoms with Crippen LogP contribution in [0.15, 0.2) is 0 Å². The molecule has 17 nitrogen and oxygen atoms in total. The minimum Gasteiger partial charge on any atom is -0.462 e. The van der Waals surface area contributed by atoms with Crippen molar-refractivity contribution >= 4 is 39.5 Å². The fourth-order valence-electron chi connectivity index (χ4n) is 12.2. The molecule has 0 saturated heterocycles. The number of hydrogen-bond donors (Lipinski definition) is 3. The molecular formula is C79H154O17P2. The Balaban J connectivity index is 5.26. The van der Waals surface area contributed by atoms with Gasteiger partial charge in [-0.2, -0.15) is 0 Å². The number of aliphatic hydroxyl groups excluding tert-OH is 1. The molecule has 0 radical (unpaired) electrons. The summed E-state index contributed by atoms with van der Waals surface area (Å²) in [4.78, 5) is 73.0. The molecule has 0 aliphatic carbocycles. The third kappa shape index (κ3) is 72.4. The van der Waals surface area contributed by atoms with Gasteiger partial charge in [0.2, 0.25) is 0 Å². The molecule has 0 aliphatic heterocycles. The third-order valence-corrected chi connectivity index (χ3v) is 20.4. The van der Waals surface area contributed by atoms with Crippen LogP contribution in [0, 0.1) is 11.8 Å². The molecule has 0 bridgehead atoms. The first kappa shape index (κ1) is 96.1. The standard InChI is InChI=1S/C79H154O17P2/c1-7-9-11-13-15-17-19-21-22-26-32-38-44-50-56-62-77(82)90-68-74(95-78(83)63-57-51-45-39-33-27-24-23-25-29-35-41-47-53-59-71(3)4)69-93-97(85,86)91-65-73(80)66-92-98(87,88)94-70-75(67-89-76(81)61-55-49-43-37-31-20-18-16-14-12-10-8-2)96-79(84)64-58-52-46-40-34-28-30-36-42-48-54-60-72(5)6/h71-75,80H,7-70H2,1-6H3,(H,85,86)(H,87,88)/t73-,74-,75-/m1/s1. The van der Waals surface area contributed by atoms with Gasteiger partial charge in [0.15, 0.2) is 12.2 Å². The number of aliphatic hydroxyl groups is 1. The van der Waals surface area contributed by atoms with E-state index in [1.54, 1.807) is 0 Å². The summed E-state index contributed by atoms with van der Waals surface area (Å²) < 4.78 is 68.7. The number of unbranched alkanes of at least 4 members (excludes halogenated alkanes) is 48. The van der Waals surface area contributed by atoms with E-state index in [9.17, 15) is 43.2 Å². The summed E-state index contributed by atoms with van der Waals surface area (Å²) in [7, 11) is -9.92. The van der Waals surface area contributed by atoms with Crippen molar-refractivity contribution in [3.63, 3.8) is 0 Å². The topological polar surface area (TPSA) is 237 Å². The van der Waals surface area contributed by atoms with Gasteiger partial charge in [-0.15, -0.1) is 0 Å². The smallest absolute Gasteiger partial charge is 0.462 e. The quantitative estimate of drug-likeness (QED) is 0.0222. The number of esters is 4. The van der Waals surface area contributed by atoms with Crippen LogP contribution in [-0.2, 0) is 65.4 Å². The van der Waals surface area contributed by atoms with E-state index in [-0.39, 0.29) is 25.7 Å². The number of carbonyl (C=O) groups excluding carboxylic acids is 4. The number of hydrogen-bond acceptors (Lipinski definition) is 15. The molecular weight excluding hydrogens is 1280 g/mol. The van der Waals surface area contributed by atoms with Crippen LogP contribution in [0.3, 0.4) is 0 Å². The molecule has 0 rings (SSSR count). The van der Waals surface area contributed by atoms with Gasteiger partial charge in [0.05, 0.1) is 26.4 Å². The average molecular weight is 1440 g/mol. The number of rotatable bonds is 78. The lowest BCUT2D eigenvalue weighted by Gasteiger charge is -2.21. The van der Waals surface area contributed by atoms with Crippen molar-refractivity contribution in [2.45, 2.75) is 432 Å². The largest absolute Gasteiger partial charge is 0.472 e. The fraction of sp³-hybridized carbons (Fsp3) is 0.949. The zero-order valence-electron chi connectivity index (χ0n) is 64.1. The molecule has 0 spiro atoms. The second kappa shape index (κ2) is 70.7. The van der Waals surface area contributed by atoms with Crippen LogP contribution in [-0.4, -0.2) is 96.7 Å². The highest BCUT2D eigenvalue weighted by molar-refractivity contribution is 7.47. The molecule has 0 amide bonds. The first-order valence-corrected chi connectivity index (χ1v) is 44.0. The second-order valence-electron chi connectivity index (χ2n) is 29.4. The van der Waals surface area contributed by atoms with E-state index in [2.05, 4.69) is 41.5 Å². The van der Waals surface area contributed by atoms with Crippen molar-refractivity contribution in [3.8, 4) is 0 Å². The van der Waals surface area contributed by atoms with Gasteiger partial charge in [0.25, 0.3) is 0 Å². The number of phosphoric acid groups is 2. The average Bonchev–Trinajstić information content (AvgIpc) is 1.37. The molecule has 0 aromatic carbocycles. The zero-order valence-corrected chi connectivity index (χ0v) is 65.9. The van der Waals surface area contributed by atoms with Gasteiger partial charge >= 0.3 is 39.5 Å². The van der Waals surface area contributed by atoms with Gasteiger partial charge < -0.3 is 33.8 Å². The first-order valence-electron chi connectivity index (χ1n) is 41.0. The molecule has 0 heterocycles. The van der Waals surface area contributed by atoms with Crippen LogP contribution < -0.4 is 0 Å². The van der Waals surface area contributed by atoms with Crippen LogP contribution in [0.1, 0.15) is 414 Å². The highest BCUT2D eigenvalue weighted by Crippen LogP contribution is 2.45. The summed E-state index contributed by atoms with van der Waals surface area (Å²) in [6.07, 6.45) is 59.5. The van der Waals surface area contributed by atoms with Gasteiger partial charge in [0, 0.05) is 25.7 Å². The normalized spacial score (nSPS) is 13.9. The lowest BCUT2D eigenvalue weighted by atomic mass is 10.0. The lowest BCUT2D eigenvalue weighted by molar-refractivity contribution is -0.161. The molecule has 3 N–H and O–H groups in total. The van der Waals surface area contributed by atoms with Crippen molar-refractivity contribution in [2.75, 3.05) is 39.6 Å². The van der Waals surface area contributed by atoms with E-state index >= 15 is 0 Å². The molecule has 0 saturated carbocycles. The highest BCUT2D eigenvalue weighted by atomic mass is 31.2. The molecule has 2 unspecified atom stereocenters. The maximum Gasteiger partial charge on any atom is 0.472 e. The van der Waals surface area contributed by atoms with Crippen molar-refractivity contribution in [1.82, 2.24) is 0 Å². The third-order valence-electron chi connectivity index (χ3n) is 18.5. The second-order valence-corrected chi connectivity index (χ2v) is 32.3. The molecule has 0 aliphatic rings. The van der Waals surface area contributed by atoms with E-state index in [0.717, 1.165) is 102 Å². The summed E-state index contributed by atoms with van der Waals surface area (Å²) >= 11 is 0. The van der Waals surface area contributed by atoms with Gasteiger partial charge in [0.1, 0.15) is 19.3 Å². The predicted molar refractivity (Wildman–Crippen MR) is 400 cm³/mol. The van der Waals surface area contributed by atoms with Crippen molar-refractivity contribution in [1.29, 1.82) is 0 Å². The van der Waals surface area contributed by atoms with E-state index in [0.29, 0.717) is 25.7 Å². The van der Waals surface area contributed by atoms with Crippen molar-refractivity contribution in [2.24, 2.45) is 11.8 Å². The summed E-state index contributed by atoms with van der Waals surface area (Å²) in [5.74, 6) is -0.548. The number of ether oxygens (including phenoxy) is 4. The van der Waals surface area contributed by atoms with E-state index in [4.69, 9.17) is 37.0 Å². The Kier molecular flexibility index (Phi) is 69.3. The van der Waals surface area contributed by atoms with Crippen LogP contribution in [0.5, 0.6) is 0 Å². The minimum atomic E-state index is -4.96. The number of carbonyl (C=O) groups is 4. The Morgan fingerprint density at radius 1 is 0.276 bits per heavy atom. The molecule has 5 atom stereocenters. The van der Waals surface area contributed by atoms with Gasteiger partial charge in [-0.3, -0.25) is 37.3 Å². The lowest BCUT2D eigenvalue weighted by Crippen LogP contribution is -2.30. The predicted octanol–water partition coefficient (Wildman–Crippen LogP) is 23.5. The summed E-state index contributed by atoms with van der Waals surface area (Å²) in [5.41, 5.74) is 0. The number of phosphoric ester groups is 2. The highest BCUT2D eigenvalue weighted by Gasteiger charge is 2.30. The Morgan fingerprint density at radius 2 is 0.469 bits per heavy atom. The first-order chi connectivity index (χ1) is 47.4. The Morgan fingerprint density at radius 3 is 0.694 bits per heavy atom. The monoisotopic (exact) mass is 1440 g/mol. The van der Waals surface area contributed by atoms with Gasteiger partial charge in [-0.1, -0.05) is 363 Å². The maximum atomic E-state index is 13.1. The zero-order chi connectivity index (χ0) is 72.1. The van der Waals surface area contributed by atoms with Crippen molar-refractivity contribution in [3.05, 3.63) is 0 Å². The molecule has 0 fully saturated rings. The van der Waals surface area contributed by atoms with Crippen LogP contribution >= 0.6 is 15.6 Å². The van der Waals surface area contributed by atoms with E-state index in [1.807, 2.05) is 0 Å². The van der Waals surface area contributed by atoms with E-state index in [1.165, 1.54) is 231 Å².